The smallest absolute Gasteiger partial charge is 0.410 e. The van der Waals surface area contributed by atoms with Crippen LogP contribution < -0.4 is 16.0 Å². The van der Waals surface area contributed by atoms with E-state index in [0.29, 0.717) is 56.8 Å². The fraction of sp³-hybridized carbons (Fsp3) is 0.216. The summed E-state index contributed by atoms with van der Waals surface area (Å²) in [6, 6.07) is 22.5. The molecule has 0 atom stereocenters. The molecule has 0 radical (unpaired) electrons. The molecule has 0 bridgehead atoms. The summed E-state index contributed by atoms with van der Waals surface area (Å²) in [7, 11) is 0. The number of hydrogen-bond donors (Lipinski definition) is 3. The van der Waals surface area contributed by atoms with Gasteiger partial charge in [-0.1, -0.05) is 59.6 Å². The number of benzene rings is 3. The van der Waals surface area contributed by atoms with Gasteiger partial charge in [0.2, 0.25) is 5.91 Å². The molecular formula is C37H33Cl2N5O5S2. The van der Waals surface area contributed by atoms with E-state index in [4.69, 9.17) is 27.9 Å². The third-order valence-corrected chi connectivity index (χ3v) is 10.3. The van der Waals surface area contributed by atoms with Gasteiger partial charge in [-0.3, -0.25) is 14.4 Å². The lowest BCUT2D eigenvalue weighted by molar-refractivity contribution is -0.114. The Kier molecular flexibility index (Phi) is 12.1. The Morgan fingerprint density at radius 2 is 1.76 bits per heavy atom. The fourth-order valence-electron chi connectivity index (χ4n) is 5.00. The second-order valence-electron chi connectivity index (χ2n) is 12.3. The molecular weight excluding hydrogens is 729 g/mol. The summed E-state index contributed by atoms with van der Waals surface area (Å²) in [5.74, 6) is -1.38. The highest BCUT2D eigenvalue weighted by Gasteiger charge is 2.30. The van der Waals surface area contributed by atoms with E-state index in [2.05, 4.69) is 22.0 Å². The Balaban J connectivity index is 1.24. The van der Waals surface area contributed by atoms with E-state index < -0.39 is 23.5 Å². The van der Waals surface area contributed by atoms with Crippen molar-refractivity contribution in [3.05, 3.63) is 116 Å². The molecule has 14 heteroatoms. The van der Waals surface area contributed by atoms with Gasteiger partial charge in [-0.25, -0.2) is 4.79 Å². The minimum atomic E-state index is -0.626. The molecule has 0 unspecified atom stereocenters. The number of carbonyl (C=O) groups excluding carboxylic acids is 4. The van der Waals surface area contributed by atoms with Crippen LogP contribution in [0.4, 0.5) is 15.5 Å². The van der Waals surface area contributed by atoms with Gasteiger partial charge in [0.15, 0.2) is 0 Å². The van der Waals surface area contributed by atoms with E-state index in [1.165, 1.54) is 29.2 Å². The predicted octanol–water partition coefficient (Wildman–Crippen LogP) is 8.36. The molecule has 51 heavy (non-hydrogen) atoms. The molecule has 10 nitrogen and oxygen atoms in total. The van der Waals surface area contributed by atoms with E-state index in [9.17, 15) is 24.4 Å². The van der Waals surface area contributed by atoms with Crippen molar-refractivity contribution >= 4 is 86.9 Å². The number of nitrogens with zero attached hydrogens (tertiary/aromatic N) is 2. The number of carbonyl (C=O) groups is 4. The number of halogens is 2. The summed E-state index contributed by atoms with van der Waals surface area (Å²) in [4.78, 5) is 55.3. The number of thiophene rings is 1. The number of fused-ring (bicyclic) bond motifs is 1. The maximum absolute atomic E-state index is 13.5. The van der Waals surface area contributed by atoms with Gasteiger partial charge in [0.1, 0.15) is 22.4 Å². The van der Waals surface area contributed by atoms with Crippen LogP contribution >= 0.6 is 46.3 Å². The third kappa shape index (κ3) is 9.92. The SMILES string of the molecule is CC(C)(C)OC(=O)N1CCc2c(sc(NC(=O)CSc3cccc(NC(=O)/C(=C\c4cccc(Cl)c4Cl)NC(=O)c4ccccc4)c3)c2C#N)C1. The predicted molar refractivity (Wildman–Crippen MR) is 202 cm³/mol. The lowest BCUT2D eigenvalue weighted by Crippen LogP contribution is -2.39. The molecule has 1 aliphatic rings. The number of anilines is 2. The van der Waals surface area contributed by atoms with Crippen molar-refractivity contribution in [2.45, 2.75) is 44.2 Å². The van der Waals surface area contributed by atoms with Gasteiger partial charge in [0, 0.05) is 27.6 Å². The number of hydrogen-bond acceptors (Lipinski definition) is 8. The Bertz CT molecular complexity index is 2050. The van der Waals surface area contributed by atoms with Crippen molar-refractivity contribution < 1.29 is 23.9 Å². The summed E-state index contributed by atoms with van der Waals surface area (Å²) >= 11 is 15.1. The van der Waals surface area contributed by atoms with Crippen LogP contribution in [-0.4, -0.2) is 46.6 Å². The molecule has 3 aromatic carbocycles. The zero-order valence-electron chi connectivity index (χ0n) is 27.8. The first-order valence-electron chi connectivity index (χ1n) is 15.7. The van der Waals surface area contributed by atoms with Crippen molar-refractivity contribution in [1.82, 2.24) is 10.2 Å². The maximum Gasteiger partial charge on any atom is 0.410 e. The molecule has 4 amide bonds. The summed E-state index contributed by atoms with van der Waals surface area (Å²) in [5, 5.41) is 19.2. The van der Waals surface area contributed by atoms with Crippen LogP contribution in [0.15, 0.2) is 83.4 Å². The van der Waals surface area contributed by atoms with Gasteiger partial charge >= 0.3 is 6.09 Å². The molecule has 5 rings (SSSR count). The molecule has 1 aliphatic heterocycles. The number of amides is 4. The van der Waals surface area contributed by atoms with E-state index in [0.717, 1.165) is 10.4 Å². The molecule has 1 aromatic heterocycles. The summed E-state index contributed by atoms with van der Waals surface area (Å²) in [6.45, 7) is 6.13. The molecule has 4 aromatic rings. The van der Waals surface area contributed by atoms with Crippen molar-refractivity contribution in [2.24, 2.45) is 0 Å². The normalized spacial score (nSPS) is 12.7. The molecule has 0 spiro atoms. The van der Waals surface area contributed by atoms with Crippen molar-refractivity contribution in [3.63, 3.8) is 0 Å². The molecule has 0 aliphatic carbocycles. The van der Waals surface area contributed by atoms with Crippen molar-refractivity contribution in [2.75, 3.05) is 22.9 Å². The van der Waals surface area contributed by atoms with Crippen LogP contribution in [0, 0.1) is 11.3 Å². The molecule has 0 saturated heterocycles. The van der Waals surface area contributed by atoms with Crippen LogP contribution in [0.5, 0.6) is 0 Å². The van der Waals surface area contributed by atoms with Gasteiger partial charge in [-0.05, 0) is 80.8 Å². The molecule has 2 heterocycles. The topological polar surface area (TPSA) is 141 Å². The van der Waals surface area contributed by atoms with E-state index in [1.54, 1.807) is 98.5 Å². The number of ether oxygens (including phenoxy) is 1. The molecule has 262 valence electrons. The lowest BCUT2D eigenvalue weighted by atomic mass is 10.0. The quantitative estimate of drug-likeness (QED) is 0.115. The Hall–Kier alpha value is -4.80. The number of rotatable bonds is 9. The maximum atomic E-state index is 13.5. The highest BCUT2D eigenvalue weighted by Crippen LogP contribution is 2.37. The van der Waals surface area contributed by atoms with Crippen LogP contribution in [-0.2, 0) is 27.3 Å². The zero-order valence-corrected chi connectivity index (χ0v) is 31.0. The number of nitrogens with one attached hydrogen (secondary N) is 3. The monoisotopic (exact) mass is 761 g/mol. The van der Waals surface area contributed by atoms with Gasteiger partial charge in [-0.2, -0.15) is 5.26 Å². The molecule has 0 saturated carbocycles. The average molecular weight is 763 g/mol. The van der Waals surface area contributed by atoms with E-state index in [1.807, 2.05) is 0 Å². The second-order valence-corrected chi connectivity index (χ2v) is 15.3. The Morgan fingerprint density at radius 3 is 2.49 bits per heavy atom. The summed E-state index contributed by atoms with van der Waals surface area (Å²) < 4.78 is 5.50. The van der Waals surface area contributed by atoms with E-state index >= 15 is 0 Å². The third-order valence-electron chi connectivity index (χ3n) is 7.35. The average Bonchev–Trinajstić information content (AvgIpc) is 3.44. The van der Waals surface area contributed by atoms with E-state index in [-0.39, 0.29) is 22.4 Å². The van der Waals surface area contributed by atoms with Crippen molar-refractivity contribution in [3.8, 4) is 6.07 Å². The minimum absolute atomic E-state index is 0.0282. The fourth-order valence-corrected chi connectivity index (χ4v) is 7.34. The van der Waals surface area contributed by atoms with Crippen LogP contribution in [0.1, 0.15) is 52.7 Å². The van der Waals surface area contributed by atoms with Gasteiger partial charge in [0.05, 0.1) is 27.9 Å². The van der Waals surface area contributed by atoms with Crippen LogP contribution in [0.3, 0.4) is 0 Å². The first-order chi connectivity index (χ1) is 24.3. The Morgan fingerprint density at radius 1 is 1.02 bits per heavy atom. The van der Waals surface area contributed by atoms with Crippen LogP contribution in [0.25, 0.3) is 6.08 Å². The first kappa shape index (κ1) is 37.5. The standard InChI is InChI=1S/C37H33Cl2N5O5S2/c1-37(2,3)49-36(48)44-16-15-26-27(19-40)35(51-30(26)20-44)43-31(45)21-50-25-13-8-12-24(18-25)41-34(47)29(17-23-11-7-14-28(38)32(23)39)42-33(46)22-9-5-4-6-10-22/h4-14,17-18H,15-16,20-21H2,1-3H3,(H,41,47)(H,42,46)(H,43,45)/b29-17+. The minimum Gasteiger partial charge on any atom is -0.444 e. The summed E-state index contributed by atoms with van der Waals surface area (Å²) in [6.07, 6.45) is 1.51. The number of thioether (sulfide) groups is 1. The van der Waals surface area contributed by atoms with Gasteiger partial charge in [0.25, 0.3) is 11.8 Å². The summed E-state index contributed by atoms with van der Waals surface area (Å²) in [5.41, 5.74) is 1.77. The highest BCUT2D eigenvalue weighted by molar-refractivity contribution is 8.00. The second kappa shape index (κ2) is 16.5. The van der Waals surface area contributed by atoms with Gasteiger partial charge < -0.3 is 25.6 Å². The van der Waals surface area contributed by atoms with Crippen LogP contribution in [0.2, 0.25) is 10.0 Å². The molecule has 3 N–H and O–H groups in total. The largest absolute Gasteiger partial charge is 0.444 e. The van der Waals surface area contributed by atoms with Gasteiger partial charge in [-0.15, -0.1) is 23.1 Å². The van der Waals surface area contributed by atoms with Crippen molar-refractivity contribution in [1.29, 1.82) is 5.26 Å². The highest BCUT2D eigenvalue weighted by atomic mass is 35.5. The zero-order chi connectivity index (χ0) is 36.7. The molecule has 0 fully saturated rings. The number of nitriles is 1. The first-order valence-corrected chi connectivity index (χ1v) is 18.3. The lowest BCUT2D eigenvalue weighted by Gasteiger charge is -2.29. The Labute approximate surface area is 313 Å².